The van der Waals surface area contributed by atoms with E-state index in [-0.39, 0.29) is 17.7 Å². The number of hydrogen-bond donors (Lipinski definition) is 2. The molecule has 3 N–H and O–H groups in total. The van der Waals surface area contributed by atoms with Crippen molar-refractivity contribution in [3.8, 4) is 0 Å². The number of nitrogens with two attached hydrogens (primary N) is 1. The maximum atomic E-state index is 12.5. The van der Waals surface area contributed by atoms with Crippen molar-refractivity contribution in [1.29, 1.82) is 0 Å². The van der Waals surface area contributed by atoms with Crippen molar-refractivity contribution in [3.05, 3.63) is 29.3 Å². The molecule has 1 aliphatic rings. The van der Waals surface area contributed by atoms with E-state index in [0.29, 0.717) is 26.1 Å². The van der Waals surface area contributed by atoms with Crippen molar-refractivity contribution in [2.45, 2.75) is 38.0 Å². The molecule has 5 nitrogen and oxygen atoms in total. The minimum Gasteiger partial charge on any atom is -0.355 e. The monoisotopic (exact) mass is 363 g/mol. The Morgan fingerprint density at radius 2 is 2.12 bits per heavy atom. The molecular weight excluding hydrogens is 334 g/mol. The molecule has 1 atom stereocenters. The number of nitrogens with one attached hydrogen (secondary N) is 1. The van der Waals surface area contributed by atoms with Gasteiger partial charge in [-0.25, -0.2) is 0 Å². The zero-order valence-corrected chi connectivity index (χ0v) is 16.0. The number of carbonyl (C=O) groups excluding carboxylic acids is 2. The SMILES string of the molecule is Cc1ccc(SCCC(=O)N2CCCC(C(=O)NCCN)C2)cc1C. The quantitative estimate of drug-likeness (QED) is 0.728. The molecule has 0 bridgehead atoms. The fourth-order valence-electron chi connectivity index (χ4n) is 2.98. The lowest BCUT2D eigenvalue weighted by molar-refractivity contribution is -0.135. The van der Waals surface area contributed by atoms with Crippen molar-refractivity contribution >= 4 is 23.6 Å². The highest BCUT2D eigenvalue weighted by Crippen LogP contribution is 2.23. The van der Waals surface area contributed by atoms with Crippen LogP contribution < -0.4 is 11.1 Å². The van der Waals surface area contributed by atoms with Gasteiger partial charge in [0.05, 0.1) is 5.92 Å². The number of carbonyl (C=O) groups is 2. The lowest BCUT2D eigenvalue weighted by atomic mass is 9.97. The largest absolute Gasteiger partial charge is 0.355 e. The molecule has 6 heteroatoms. The fraction of sp³-hybridized carbons (Fsp3) is 0.579. The summed E-state index contributed by atoms with van der Waals surface area (Å²) in [5, 5.41) is 2.83. The average molecular weight is 364 g/mol. The number of rotatable bonds is 7. The summed E-state index contributed by atoms with van der Waals surface area (Å²) in [7, 11) is 0. The number of nitrogens with zero attached hydrogens (tertiary/aromatic N) is 1. The van der Waals surface area contributed by atoms with E-state index in [1.807, 2.05) is 4.90 Å². The summed E-state index contributed by atoms with van der Waals surface area (Å²) in [5.41, 5.74) is 7.98. The van der Waals surface area contributed by atoms with Gasteiger partial charge in [-0.3, -0.25) is 9.59 Å². The van der Waals surface area contributed by atoms with Crippen molar-refractivity contribution in [1.82, 2.24) is 10.2 Å². The third-order valence-corrected chi connectivity index (χ3v) is 5.65. The molecule has 1 saturated heterocycles. The maximum absolute atomic E-state index is 12.5. The highest BCUT2D eigenvalue weighted by atomic mass is 32.2. The van der Waals surface area contributed by atoms with E-state index in [2.05, 4.69) is 37.4 Å². The second-order valence-electron chi connectivity index (χ2n) is 6.60. The summed E-state index contributed by atoms with van der Waals surface area (Å²) in [6.07, 6.45) is 2.24. The molecule has 2 rings (SSSR count). The van der Waals surface area contributed by atoms with Gasteiger partial charge in [0.2, 0.25) is 11.8 Å². The van der Waals surface area contributed by atoms with Gasteiger partial charge in [-0.2, -0.15) is 0 Å². The van der Waals surface area contributed by atoms with Gasteiger partial charge in [-0.1, -0.05) is 6.07 Å². The Kier molecular flexibility index (Phi) is 7.78. The number of benzene rings is 1. The number of amides is 2. The molecular formula is C19H29N3O2S. The average Bonchev–Trinajstić information content (AvgIpc) is 2.62. The Morgan fingerprint density at radius 3 is 2.84 bits per heavy atom. The highest BCUT2D eigenvalue weighted by molar-refractivity contribution is 7.99. The van der Waals surface area contributed by atoms with E-state index < -0.39 is 0 Å². The van der Waals surface area contributed by atoms with Crippen LogP contribution in [0.2, 0.25) is 0 Å². The zero-order valence-electron chi connectivity index (χ0n) is 15.2. The number of piperidine rings is 1. The molecule has 0 aromatic heterocycles. The maximum Gasteiger partial charge on any atom is 0.224 e. The van der Waals surface area contributed by atoms with E-state index in [9.17, 15) is 9.59 Å². The molecule has 1 fully saturated rings. The second kappa shape index (κ2) is 9.82. The number of aryl methyl sites for hydroxylation is 2. The third-order valence-electron chi connectivity index (χ3n) is 4.65. The predicted octanol–water partition coefficient (Wildman–Crippen LogP) is 2.10. The molecule has 1 heterocycles. The first-order valence-electron chi connectivity index (χ1n) is 8.97. The van der Waals surface area contributed by atoms with Crippen LogP contribution in [0.15, 0.2) is 23.1 Å². The van der Waals surface area contributed by atoms with Gasteiger partial charge in [0.15, 0.2) is 0 Å². The molecule has 0 aliphatic carbocycles. The van der Waals surface area contributed by atoms with Crippen LogP contribution in [0.5, 0.6) is 0 Å². The van der Waals surface area contributed by atoms with Crippen molar-refractivity contribution < 1.29 is 9.59 Å². The minimum absolute atomic E-state index is 0.0208. The van der Waals surface area contributed by atoms with Gasteiger partial charge in [-0.05, 0) is 49.9 Å². The Balaban J connectivity index is 1.77. The van der Waals surface area contributed by atoms with Crippen molar-refractivity contribution in [3.63, 3.8) is 0 Å². The van der Waals surface area contributed by atoms with Crippen LogP contribution >= 0.6 is 11.8 Å². The molecule has 1 unspecified atom stereocenters. The van der Waals surface area contributed by atoms with Crippen LogP contribution in [0.1, 0.15) is 30.4 Å². The Morgan fingerprint density at radius 1 is 1.32 bits per heavy atom. The van der Waals surface area contributed by atoms with Crippen LogP contribution in [0.25, 0.3) is 0 Å². The summed E-state index contributed by atoms with van der Waals surface area (Å²) >= 11 is 1.71. The van der Waals surface area contributed by atoms with Crippen molar-refractivity contribution in [2.24, 2.45) is 11.7 Å². The predicted molar refractivity (Wildman–Crippen MR) is 103 cm³/mol. The zero-order chi connectivity index (χ0) is 18.2. The first-order chi connectivity index (χ1) is 12.0. The Hall–Kier alpha value is -1.53. The molecule has 1 aromatic rings. The topological polar surface area (TPSA) is 75.4 Å². The van der Waals surface area contributed by atoms with Gasteiger partial charge in [-0.15, -0.1) is 11.8 Å². The summed E-state index contributed by atoms with van der Waals surface area (Å²) in [6.45, 7) is 6.43. The van der Waals surface area contributed by atoms with E-state index in [0.717, 1.165) is 25.1 Å². The molecule has 138 valence electrons. The van der Waals surface area contributed by atoms with Gasteiger partial charge in [0, 0.05) is 43.2 Å². The molecule has 0 saturated carbocycles. The smallest absolute Gasteiger partial charge is 0.224 e. The summed E-state index contributed by atoms with van der Waals surface area (Å²) < 4.78 is 0. The molecule has 2 amide bonds. The minimum atomic E-state index is -0.100. The van der Waals surface area contributed by atoms with Crippen LogP contribution in [0.4, 0.5) is 0 Å². The molecule has 25 heavy (non-hydrogen) atoms. The number of thioether (sulfide) groups is 1. The summed E-state index contributed by atoms with van der Waals surface area (Å²) in [5.74, 6) is 0.832. The molecule has 1 aromatic carbocycles. The number of likely N-dealkylation sites (tertiary alicyclic amines) is 1. The highest BCUT2D eigenvalue weighted by Gasteiger charge is 2.27. The van der Waals surface area contributed by atoms with Gasteiger partial charge in [0.1, 0.15) is 0 Å². The standard InChI is InChI=1S/C19H29N3O2S/c1-14-5-6-17(12-15(14)2)25-11-7-18(23)22-10-3-4-16(13-22)19(24)21-9-8-20/h5-6,12,16H,3-4,7-11,13,20H2,1-2H3,(H,21,24). The van der Waals surface area contributed by atoms with Gasteiger partial charge < -0.3 is 16.0 Å². The third kappa shape index (κ3) is 6.04. The fourth-order valence-corrected chi connectivity index (χ4v) is 3.91. The molecule has 0 radical (unpaired) electrons. The molecule has 1 aliphatic heterocycles. The normalized spacial score (nSPS) is 17.4. The van der Waals surface area contributed by atoms with E-state index in [4.69, 9.17) is 5.73 Å². The van der Waals surface area contributed by atoms with Gasteiger partial charge in [0.25, 0.3) is 0 Å². The van der Waals surface area contributed by atoms with E-state index in [1.54, 1.807) is 11.8 Å². The van der Waals surface area contributed by atoms with E-state index in [1.165, 1.54) is 16.0 Å². The second-order valence-corrected chi connectivity index (χ2v) is 7.77. The van der Waals surface area contributed by atoms with Crippen LogP contribution in [-0.2, 0) is 9.59 Å². The van der Waals surface area contributed by atoms with Gasteiger partial charge >= 0.3 is 0 Å². The summed E-state index contributed by atoms with van der Waals surface area (Å²) in [6, 6.07) is 6.40. The lowest BCUT2D eigenvalue weighted by Crippen LogP contribution is -2.46. The van der Waals surface area contributed by atoms with E-state index >= 15 is 0 Å². The van der Waals surface area contributed by atoms with Crippen LogP contribution in [0.3, 0.4) is 0 Å². The number of hydrogen-bond acceptors (Lipinski definition) is 4. The van der Waals surface area contributed by atoms with Crippen LogP contribution in [-0.4, -0.2) is 48.6 Å². The van der Waals surface area contributed by atoms with Crippen molar-refractivity contribution in [2.75, 3.05) is 31.9 Å². The first-order valence-corrected chi connectivity index (χ1v) is 9.95. The first kappa shape index (κ1) is 19.8. The lowest BCUT2D eigenvalue weighted by Gasteiger charge is -2.32. The van der Waals surface area contributed by atoms with Crippen LogP contribution in [0, 0.1) is 19.8 Å². The Bertz CT molecular complexity index is 606. The Labute approximate surface area is 154 Å². The summed E-state index contributed by atoms with van der Waals surface area (Å²) in [4.78, 5) is 27.6. The molecule has 0 spiro atoms.